The fourth-order valence-electron chi connectivity index (χ4n) is 1.29. The number of amides is 1. The molecule has 0 atom stereocenters. The van der Waals surface area contributed by atoms with Gasteiger partial charge in [0.05, 0.1) is 5.92 Å². The fourth-order valence-corrected chi connectivity index (χ4v) is 1.29. The molecule has 6 heteroatoms. The lowest BCUT2D eigenvalue weighted by atomic mass is 9.96. The summed E-state index contributed by atoms with van der Waals surface area (Å²) >= 11 is 0. The average molecular weight is 229 g/mol. The van der Waals surface area contributed by atoms with Crippen molar-refractivity contribution < 1.29 is 24.2 Å². The first-order valence-corrected chi connectivity index (χ1v) is 4.96. The van der Waals surface area contributed by atoms with E-state index >= 15 is 0 Å². The summed E-state index contributed by atoms with van der Waals surface area (Å²) < 4.78 is 5.06. The van der Waals surface area contributed by atoms with Crippen molar-refractivity contribution >= 4 is 17.8 Å². The second-order valence-corrected chi connectivity index (χ2v) is 4.75. The average Bonchev–Trinajstić information content (AvgIpc) is 1.96. The molecule has 0 aromatic carbocycles. The minimum absolute atomic E-state index is 0.125. The fraction of sp³-hybridized carbons (Fsp3) is 0.700. The van der Waals surface area contributed by atoms with Crippen LogP contribution in [0, 0.1) is 5.92 Å². The highest BCUT2D eigenvalue weighted by atomic mass is 16.6. The molecule has 16 heavy (non-hydrogen) atoms. The summed E-state index contributed by atoms with van der Waals surface area (Å²) in [6.07, 6.45) is -0.512. The normalized spacial score (nSPS) is 16.6. The summed E-state index contributed by atoms with van der Waals surface area (Å²) in [5.41, 5.74) is -0.584. The standard InChI is InChI=1S/C10H15NO5/c1-10(2,3)16-9(15)11-4-6(5-11)7(12)8(13)14/h6H,4-5H2,1-3H3,(H,13,14). The number of Topliss-reactive ketones (excluding diaryl/α,β-unsaturated/α-hetero) is 1. The molecule has 0 saturated carbocycles. The summed E-state index contributed by atoms with van der Waals surface area (Å²) in [6.45, 7) is 5.47. The molecule has 0 aromatic rings. The van der Waals surface area contributed by atoms with E-state index in [2.05, 4.69) is 0 Å². The van der Waals surface area contributed by atoms with Gasteiger partial charge >= 0.3 is 12.1 Å². The number of carboxylic acids is 1. The number of carboxylic acid groups (broad SMARTS) is 1. The number of rotatable bonds is 2. The Morgan fingerprint density at radius 2 is 1.75 bits per heavy atom. The molecule has 1 N–H and O–H groups in total. The lowest BCUT2D eigenvalue weighted by Gasteiger charge is -2.38. The summed E-state index contributed by atoms with van der Waals surface area (Å²) in [5.74, 6) is -2.89. The lowest BCUT2D eigenvalue weighted by molar-refractivity contribution is -0.153. The second-order valence-electron chi connectivity index (χ2n) is 4.75. The van der Waals surface area contributed by atoms with Crippen LogP contribution in [-0.2, 0) is 14.3 Å². The Kier molecular flexibility index (Phi) is 3.21. The van der Waals surface area contributed by atoms with Gasteiger partial charge in [0, 0.05) is 13.1 Å². The third-order valence-corrected chi connectivity index (χ3v) is 2.11. The molecule has 0 radical (unpaired) electrons. The van der Waals surface area contributed by atoms with Crippen molar-refractivity contribution in [3.8, 4) is 0 Å². The van der Waals surface area contributed by atoms with E-state index in [1.165, 1.54) is 4.90 Å². The molecule has 0 bridgehead atoms. The van der Waals surface area contributed by atoms with Crippen LogP contribution in [0.25, 0.3) is 0 Å². The number of carbonyl (C=O) groups is 3. The summed E-state index contributed by atoms with van der Waals surface area (Å²) in [5, 5.41) is 8.44. The van der Waals surface area contributed by atoms with E-state index in [-0.39, 0.29) is 13.1 Å². The maximum atomic E-state index is 11.4. The van der Waals surface area contributed by atoms with Crippen molar-refractivity contribution in [2.75, 3.05) is 13.1 Å². The van der Waals surface area contributed by atoms with Crippen LogP contribution < -0.4 is 0 Å². The van der Waals surface area contributed by atoms with E-state index in [0.29, 0.717) is 0 Å². The SMILES string of the molecule is CC(C)(C)OC(=O)N1CC(C(=O)C(=O)O)C1. The molecule has 1 fully saturated rings. The van der Waals surface area contributed by atoms with Crippen LogP contribution in [0.15, 0.2) is 0 Å². The van der Waals surface area contributed by atoms with Crippen LogP contribution in [0.4, 0.5) is 4.79 Å². The van der Waals surface area contributed by atoms with Crippen molar-refractivity contribution in [3.05, 3.63) is 0 Å². The van der Waals surface area contributed by atoms with Gasteiger partial charge in [0.25, 0.3) is 0 Å². The Bertz CT molecular complexity index is 325. The van der Waals surface area contributed by atoms with Crippen LogP contribution >= 0.6 is 0 Å². The molecule has 0 aliphatic carbocycles. The highest BCUT2D eigenvalue weighted by molar-refractivity contribution is 6.33. The number of hydrogen-bond donors (Lipinski definition) is 1. The van der Waals surface area contributed by atoms with Gasteiger partial charge in [-0.25, -0.2) is 9.59 Å². The molecular formula is C10H15NO5. The lowest BCUT2D eigenvalue weighted by Crippen LogP contribution is -2.55. The Morgan fingerprint density at radius 1 is 1.25 bits per heavy atom. The Morgan fingerprint density at radius 3 is 2.12 bits per heavy atom. The number of ether oxygens (including phenoxy) is 1. The summed E-state index contributed by atoms with van der Waals surface area (Å²) in [4.78, 5) is 34.1. The molecular weight excluding hydrogens is 214 g/mol. The number of carbonyl (C=O) groups excluding carboxylic acids is 2. The van der Waals surface area contributed by atoms with Gasteiger partial charge in [0.1, 0.15) is 5.60 Å². The Hall–Kier alpha value is -1.59. The third-order valence-electron chi connectivity index (χ3n) is 2.11. The van der Waals surface area contributed by atoms with Crippen molar-refractivity contribution in [2.24, 2.45) is 5.92 Å². The van der Waals surface area contributed by atoms with Crippen LogP contribution in [0.2, 0.25) is 0 Å². The van der Waals surface area contributed by atoms with E-state index in [4.69, 9.17) is 9.84 Å². The minimum Gasteiger partial charge on any atom is -0.475 e. The Balaban J connectivity index is 2.39. The van der Waals surface area contributed by atoms with E-state index in [0.717, 1.165) is 0 Å². The maximum Gasteiger partial charge on any atom is 0.410 e. The molecule has 90 valence electrons. The zero-order chi connectivity index (χ0) is 12.5. The van der Waals surface area contributed by atoms with E-state index in [9.17, 15) is 14.4 Å². The van der Waals surface area contributed by atoms with E-state index < -0.39 is 29.4 Å². The van der Waals surface area contributed by atoms with Gasteiger partial charge in [0.15, 0.2) is 0 Å². The maximum absolute atomic E-state index is 11.4. The molecule has 1 aliphatic heterocycles. The van der Waals surface area contributed by atoms with Crippen LogP contribution in [-0.4, -0.2) is 46.5 Å². The third kappa shape index (κ3) is 2.95. The smallest absolute Gasteiger partial charge is 0.410 e. The quantitative estimate of drug-likeness (QED) is 0.697. The molecule has 0 unspecified atom stereocenters. The van der Waals surface area contributed by atoms with Crippen molar-refractivity contribution in [1.29, 1.82) is 0 Å². The van der Waals surface area contributed by atoms with Gasteiger partial charge in [-0.05, 0) is 20.8 Å². The molecule has 0 spiro atoms. The largest absolute Gasteiger partial charge is 0.475 e. The highest BCUT2D eigenvalue weighted by Crippen LogP contribution is 2.20. The first-order valence-electron chi connectivity index (χ1n) is 4.96. The predicted molar refractivity (Wildman–Crippen MR) is 53.9 cm³/mol. The molecule has 6 nitrogen and oxygen atoms in total. The zero-order valence-corrected chi connectivity index (χ0v) is 9.52. The molecule has 1 amide bonds. The van der Waals surface area contributed by atoms with Gasteiger partial charge in [-0.3, -0.25) is 4.79 Å². The molecule has 0 aromatic heterocycles. The second kappa shape index (κ2) is 4.11. The first-order chi connectivity index (χ1) is 7.20. The molecule has 1 heterocycles. The summed E-state index contributed by atoms with van der Waals surface area (Å²) in [6, 6.07) is 0. The monoisotopic (exact) mass is 229 g/mol. The van der Waals surface area contributed by atoms with Gasteiger partial charge in [-0.15, -0.1) is 0 Å². The number of hydrogen-bond acceptors (Lipinski definition) is 4. The van der Waals surface area contributed by atoms with E-state index in [1.807, 2.05) is 0 Å². The first kappa shape index (κ1) is 12.5. The predicted octanol–water partition coefficient (Wildman–Crippen LogP) is 0.507. The van der Waals surface area contributed by atoms with Crippen LogP contribution in [0.5, 0.6) is 0 Å². The van der Waals surface area contributed by atoms with E-state index in [1.54, 1.807) is 20.8 Å². The van der Waals surface area contributed by atoms with Crippen molar-refractivity contribution in [2.45, 2.75) is 26.4 Å². The van der Waals surface area contributed by atoms with Crippen LogP contribution in [0.3, 0.4) is 0 Å². The zero-order valence-electron chi connectivity index (χ0n) is 9.52. The number of aliphatic carboxylic acids is 1. The Labute approximate surface area is 93.2 Å². The number of likely N-dealkylation sites (tertiary alicyclic amines) is 1. The van der Waals surface area contributed by atoms with Crippen molar-refractivity contribution in [1.82, 2.24) is 4.90 Å². The minimum atomic E-state index is -1.45. The van der Waals surface area contributed by atoms with Gasteiger partial charge in [-0.2, -0.15) is 0 Å². The number of nitrogens with zero attached hydrogens (tertiary/aromatic N) is 1. The van der Waals surface area contributed by atoms with Crippen molar-refractivity contribution in [3.63, 3.8) is 0 Å². The van der Waals surface area contributed by atoms with Gasteiger partial charge < -0.3 is 14.7 Å². The van der Waals surface area contributed by atoms with Gasteiger partial charge in [0.2, 0.25) is 5.78 Å². The van der Waals surface area contributed by atoms with Gasteiger partial charge in [-0.1, -0.05) is 0 Å². The van der Waals surface area contributed by atoms with Crippen LogP contribution in [0.1, 0.15) is 20.8 Å². The topological polar surface area (TPSA) is 83.9 Å². The molecule has 1 rings (SSSR count). The highest BCUT2D eigenvalue weighted by Gasteiger charge is 2.40. The molecule has 1 aliphatic rings. The number of ketones is 1. The summed E-state index contributed by atoms with van der Waals surface area (Å²) in [7, 11) is 0. The molecule has 1 saturated heterocycles.